The number of anilines is 1. The maximum Gasteiger partial charge on any atom is 0.379 e. The van der Waals surface area contributed by atoms with Gasteiger partial charge in [0.2, 0.25) is 5.76 Å². The van der Waals surface area contributed by atoms with Gasteiger partial charge < -0.3 is 14.5 Å². The van der Waals surface area contributed by atoms with Crippen LogP contribution < -0.4 is 15.5 Å². The molecule has 0 saturated carbocycles. The molecule has 0 fully saturated rings. The first-order valence-electron chi connectivity index (χ1n) is 8.38. The lowest BCUT2D eigenvalue weighted by atomic mass is 10.2. The van der Waals surface area contributed by atoms with E-state index >= 15 is 0 Å². The second-order valence-electron chi connectivity index (χ2n) is 5.69. The smallest absolute Gasteiger partial charge is 0.379 e. The molecule has 1 heterocycles. The number of esters is 1. The molecule has 0 atom stereocenters. The van der Waals surface area contributed by atoms with E-state index in [0.717, 1.165) is 0 Å². The molecule has 0 spiro atoms. The summed E-state index contributed by atoms with van der Waals surface area (Å²) in [5, 5.41) is 6.40. The molecule has 1 aromatic heterocycles. The van der Waals surface area contributed by atoms with E-state index in [-0.39, 0.29) is 27.2 Å². The predicted molar refractivity (Wildman–Crippen MR) is 111 cm³/mol. The predicted octanol–water partition coefficient (Wildman–Crippen LogP) is 3.89. The Morgan fingerprint density at radius 1 is 1.00 bits per heavy atom. The van der Waals surface area contributed by atoms with E-state index in [9.17, 15) is 14.4 Å². The third kappa shape index (κ3) is 5.47. The van der Waals surface area contributed by atoms with Crippen molar-refractivity contribution in [2.24, 2.45) is 5.10 Å². The molecule has 0 aliphatic rings. The maximum absolute atomic E-state index is 11.9. The molecule has 3 aromatic rings. The summed E-state index contributed by atoms with van der Waals surface area (Å²) in [5.74, 6) is -2.33. The van der Waals surface area contributed by atoms with Gasteiger partial charge in [0.05, 0.1) is 28.2 Å². The van der Waals surface area contributed by atoms with Crippen LogP contribution in [0.2, 0.25) is 10.0 Å². The van der Waals surface area contributed by atoms with Crippen molar-refractivity contribution in [2.75, 3.05) is 5.32 Å². The normalized spacial score (nSPS) is 10.6. The average molecular weight is 446 g/mol. The van der Waals surface area contributed by atoms with Crippen LogP contribution in [0.15, 0.2) is 70.4 Å². The summed E-state index contributed by atoms with van der Waals surface area (Å²) in [6.45, 7) is 0. The Morgan fingerprint density at radius 2 is 1.80 bits per heavy atom. The molecule has 0 bridgehead atoms. The molecule has 0 unspecified atom stereocenters. The minimum Gasteiger partial charge on any atom is -0.457 e. The van der Waals surface area contributed by atoms with Gasteiger partial charge in [0.25, 0.3) is 0 Å². The number of ether oxygens (including phenoxy) is 1. The van der Waals surface area contributed by atoms with Gasteiger partial charge in [-0.3, -0.25) is 9.59 Å². The molecule has 2 amide bonds. The second kappa shape index (κ2) is 9.73. The first-order valence-corrected chi connectivity index (χ1v) is 9.14. The first-order chi connectivity index (χ1) is 14.4. The van der Waals surface area contributed by atoms with Crippen molar-refractivity contribution in [1.82, 2.24) is 5.43 Å². The van der Waals surface area contributed by atoms with Gasteiger partial charge in [-0.05, 0) is 42.0 Å². The molecular formula is C20H13Cl2N3O5. The number of benzene rings is 2. The molecule has 2 aromatic carbocycles. The van der Waals surface area contributed by atoms with Crippen LogP contribution in [-0.4, -0.2) is 24.0 Å². The molecule has 3 rings (SSSR count). The van der Waals surface area contributed by atoms with E-state index in [1.807, 2.05) is 0 Å². The minimum absolute atomic E-state index is 0.0622. The molecule has 30 heavy (non-hydrogen) atoms. The van der Waals surface area contributed by atoms with Gasteiger partial charge in [-0.25, -0.2) is 10.2 Å². The number of nitrogens with one attached hydrogen (secondary N) is 2. The van der Waals surface area contributed by atoms with E-state index in [4.69, 9.17) is 32.4 Å². The largest absolute Gasteiger partial charge is 0.457 e. The molecule has 0 aliphatic heterocycles. The zero-order valence-corrected chi connectivity index (χ0v) is 16.6. The number of rotatable bonds is 5. The molecule has 0 aliphatic carbocycles. The monoisotopic (exact) mass is 445 g/mol. The standard InChI is InChI=1S/C20H13Cl2N3O5/c21-14-6-2-7-15(17(14)22)24-18(26)19(27)25-23-11-12-4-1-5-13(10-12)30-20(28)16-8-3-9-29-16/h1-11H,(H,24,26)(H,25,27)/b23-11+. The van der Waals surface area contributed by atoms with Crippen LogP contribution in [0.4, 0.5) is 5.69 Å². The summed E-state index contributed by atoms with van der Waals surface area (Å²) in [4.78, 5) is 35.7. The summed E-state index contributed by atoms with van der Waals surface area (Å²) in [5.41, 5.74) is 2.79. The van der Waals surface area contributed by atoms with E-state index in [1.165, 1.54) is 30.7 Å². The number of halogens is 2. The van der Waals surface area contributed by atoms with Crippen molar-refractivity contribution in [3.63, 3.8) is 0 Å². The van der Waals surface area contributed by atoms with Gasteiger partial charge in [0.1, 0.15) is 5.75 Å². The van der Waals surface area contributed by atoms with Crippen molar-refractivity contribution in [2.45, 2.75) is 0 Å². The number of carbonyl (C=O) groups is 3. The SMILES string of the molecule is O=C(N/N=C/c1cccc(OC(=O)c2ccco2)c1)C(=O)Nc1cccc(Cl)c1Cl. The summed E-state index contributed by atoms with van der Waals surface area (Å²) < 4.78 is 10.1. The zero-order valence-electron chi connectivity index (χ0n) is 15.1. The molecule has 0 saturated heterocycles. The van der Waals surface area contributed by atoms with Crippen LogP contribution in [-0.2, 0) is 9.59 Å². The highest BCUT2D eigenvalue weighted by atomic mass is 35.5. The second-order valence-corrected chi connectivity index (χ2v) is 6.48. The summed E-state index contributed by atoms with van der Waals surface area (Å²) >= 11 is 11.8. The number of nitrogens with zero attached hydrogens (tertiary/aromatic N) is 1. The van der Waals surface area contributed by atoms with Gasteiger partial charge >= 0.3 is 17.8 Å². The fourth-order valence-electron chi connectivity index (χ4n) is 2.21. The van der Waals surface area contributed by atoms with Crippen molar-refractivity contribution in [3.05, 3.63) is 82.2 Å². The zero-order chi connectivity index (χ0) is 21.5. The maximum atomic E-state index is 11.9. The third-order valence-corrected chi connectivity index (χ3v) is 4.40. The lowest BCUT2D eigenvalue weighted by molar-refractivity contribution is -0.136. The van der Waals surface area contributed by atoms with Gasteiger partial charge in [0.15, 0.2) is 0 Å². The highest BCUT2D eigenvalue weighted by molar-refractivity contribution is 6.45. The number of amides is 2. The van der Waals surface area contributed by atoms with Gasteiger partial charge in [-0.15, -0.1) is 0 Å². The van der Waals surface area contributed by atoms with E-state index in [1.54, 1.807) is 36.4 Å². The fraction of sp³-hybridized carbons (Fsp3) is 0. The summed E-state index contributed by atoms with van der Waals surface area (Å²) in [7, 11) is 0. The van der Waals surface area contributed by atoms with Crippen LogP contribution in [0, 0.1) is 0 Å². The fourth-order valence-corrected chi connectivity index (χ4v) is 2.55. The lowest BCUT2D eigenvalue weighted by Gasteiger charge is -2.07. The molecular weight excluding hydrogens is 433 g/mol. The van der Waals surface area contributed by atoms with Crippen LogP contribution in [0.25, 0.3) is 0 Å². The quantitative estimate of drug-likeness (QED) is 0.203. The molecule has 0 radical (unpaired) electrons. The third-order valence-electron chi connectivity index (χ3n) is 3.58. The number of hydrogen-bond donors (Lipinski definition) is 2. The molecule has 8 nitrogen and oxygen atoms in total. The average Bonchev–Trinajstić information content (AvgIpc) is 3.27. The van der Waals surface area contributed by atoms with Crippen molar-refractivity contribution in [1.29, 1.82) is 0 Å². The summed E-state index contributed by atoms with van der Waals surface area (Å²) in [6.07, 6.45) is 2.64. The van der Waals surface area contributed by atoms with Gasteiger partial charge in [-0.2, -0.15) is 5.10 Å². The highest BCUT2D eigenvalue weighted by Crippen LogP contribution is 2.29. The Morgan fingerprint density at radius 3 is 2.57 bits per heavy atom. The Kier molecular flexibility index (Phi) is 6.84. The van der Waals surface area contributed by atoms with Gasteiger partial charge in [-0.1, -0.05) is 41.4 Å². The Labute approximate surface area is 180 Å². The minimum atomic E-state index is -1.01. The van der Waals surface area contributed by atoms with E-state index in [0.29, 0.717) is 5.56 Å². The van der Waals surface area contributed by atoms with Gasteiger partial charge in [0, 0.05) is 0 Å². The van der Waals surface area contributed by atoms with Crippen LogP contribution in [0.5, 0.6) is 5.75 Å². The topological polar surface area (TPSA) is 110 Å². The number of hydrazone groups is 1. The highest BCUT2D eigenvalue weighted by Gasteiger charge is 2.15. The lowest BCUT2D eigenvalue weighted by Crippen LogP contribution is -2.32. The van der Waals surface area contributed by atoms with Crippen LogP contribution in [0.1, 0.15) is 16.1 Å². The number of hydrogen-bond acceptors (Lipinski definition) is 6. The Balaban J connectivity index is 1.57. The number of furan rings is 1. The Hall–Kier alpha value is -3.62. The van der Waals surface area contributed by atoms with Crippen LogP contribution in [0.3, 0.4) is 0 Å². The van der Waals surface area contributed by atoms with E-state index in [2.05, 4.69) is 15.8 Å². The van der Waals surface area contributed by atoms with Crippen molar-refractivity contribution < 1.29 is 23.5 Å². The molecule has 152 valence electrons. The number of carbonyl (C=O) groups excluding carboxylic acids is 3. The van der Waals surface area contributed by atoms with Crippen molar-refractivity contribution in [3.8, 4) is 5.75 Å². The summed E-state index contributed by atoms with van der Waals surface area (Å²) in [6, 6.07) is 14.0. The van der Waals surface area contributed by atoms with Crippen molar-refractivity contribution >= 4 is 52.9 Å². The first kappa shape index (κ1) is 21.1. The molecule has 10 heteroatoms. The van der Waals surface area contributed by atoms with Crippen LogP contribution >= 0.6 is 23.2 Å². The Bertz CT molecular complexity index is 1110. The molecule has 2 N–H and O–H groups in total. The van der Waals surface area contributed by atoms with E-state index < -0.39 is 17.8 Å².